The van der Waals surface area contributed by atoms with Crippen LogP contribution in [0.3, 0.4) is 0 Å². The smallest absolute Gasteiger partial charge is 0.338 e. The topological polar surface area (TPSA) is 21.1 Å². The van der Waals surface area contributed by atoms with Crippen LogP contribution in [0, 0.1) is 0 Å². The Morgan fingerprint density at radius 3 is 2.59 bits per heavy atom. The molecule has 98 valence electrons. The summed E-state index contributed by atoms with van der Waals surface area (Å²) in [5, 5.41) is 0. The number of imidazole rings is 1. The fourth-order valence-electron chi connectivity index (χ4n) is 1.54. The van der Waals surface area contributed by atoms with Crippen LogP contribution < -0.4 is 0 Å². The van der Waals surface area contributed by atoms with Crippen LogP contribution in [-0.2, 0) is 13.5 Å². The molecule has 0 aromatic carbocycles. The average Bonchev–Trinajstić information content (AvgIpc) is 2.59. The monoisotopic (exact) mass is 269 g/mol. The first-order valence-corrected chi connectivity index (χ1v) is 5.77. The second-order valence-corrected chi connectivity index (χ2v) is 4.16. The summed E-state index contributed by atoms with van der Waals surface area (Å²) in [6.45, 7) is -0.396. The first kappa shape index (κ1) is 14.3. The summed E-state index contributed by atoms with van der Waals surface area (Å²) < 4.78 is 38.6. The number of aryl methyl sites for hydroxylation is 1. The van der Waals surface area contributed by atoms with Crippen LogP contribution in [0.4, 0.5) is 13.2 Å². The van der Waals surface area contributed by atoms with Gasteiger partial charge in [-0.2, -0.15) is 13.2 Å². The van der Waals surface area contributed by atoms with Crippen molar-refractivity contribution >= 4 is 11.6 Å². The van der Waals surface area contributed by atoms with E-state index in [4.69, 9.17) is 11.6 Å². The number of nitrogens with zero attached hydrogens (tertiary/aromatic N) is 3. The van der Waals surface area contributed by atoms with Crippen molar-refractivity contribution < 1.29 is 13.2 Å². The van der Waals surface area contributed by atoms with Gasteiger partial charge in [0.2, 0.25) is 0 Å². The molecule has 3 nitrogen and oxygen atoms in total. The minimum absolute atomic E-state index is 0.191. The highest BCUT2D eigenvalue weighted by molar-refractivity contribution is 6.18. The van der Waals surface area contributed by atoms with Crippen molar-refractivity contribution in [2.24, 2.45) is 7.05 Å². The van der Waals surface area contributed by atoms with Crippen molar-refractivity contribution in [3.05, 3.63) is 18.2 Å². The van der Waals surface area contributed by atoms with Gasteiger partial charge in [-0.05, 0) is 0 Å². The molecule has 1 rings (SSSR count). The molecule has 1 aromatic heterocycles. The highest BCUT2D eigenvalue weighted by Gasteiger charge is 2.30. The van der Waals surface area contributed by atoms with Gasteiger partial charge in [-0.15, -0.1) is 11.6 Å². The molecule has 1 aromatic rings. The molecule has 0 radical (unpaired) electrons. The third kappa shape index (κ3) is 5.41. The fraction of sp³-hybridized carbons (Fsp3) is 0.700. The summed E-state index contributed by atoms with van der Waals surface area (Å²) in [7, 11) is 1.82. The number of aromatic nitrogens is 2. The Bertz CT molecular complexity index is 338. The zero-order chi connectivity index (χ0) is 12.9. The van der Waals surface area contributed by atoms with Gasteiger partial charge in [-0.25, -0.2) is 4.98 Å². The van der Waals surface area contributed by atoms with Crippen molar-refractivity contribution in [3.63, 3.8) is 0 Å². The van der Waals surface area contributed by atoms with Crippen LogP contribution in [0.25, 0.3) is 0 Å². The molecule has 0 aliphatic carbocycles. The molecule has 17 heavy (non-hydrogen) atoms. The summed E-state index contributed by atoms with van der Waals surface area (Å²) in [4.78, 5) is 5.36. The van der Waals surface area contributed by atoms with E-state index in [-0.39, 0.29) is 12.4 Å². The minimum Gasteiger partial charge on any atom is -0.338 e. The lowest BCUT2D eigenvalue weighted by Gasteiger charge is -2.22. The molecule has 0 aliphatic heterocycles. The van der Waals surface area contributed by atoms with Crippen LogP contribution in [0.2, 0.25) is 0 Å². The molecule has 0 atom stereocenters. The van der Waals surface area contributed by atoms with Gasteiger partial charge in [-0.1, -0.05) is 0 Å². The molecule has 0 spiro atoms. The maximum atomic E-state index is 12.3. The van der Waals surface area contributed by atoms with E-state index in [1.54, 1.807) is 17.0 Å². The van der Waals surface area contributed by atoms with Crippen LogP contribution in [0.5, 0.6) is 0 Å². The highest BCUT2D eigenvalue weighted by Crippen LogP contribution is 2.16. The maximum Gasteiger partial charge on any atom is 0.401 e. The van der Waals surface area contributed by atoms with E-state index in [0.717, 1.165) is 5.82 Å². The van der Waals surface area contributed by atoms with Crippen molar-refractivity contribution in [3.8, 4) is 0 Å². The highest BCUT2D eigenvalue weighted by atomic mass is 35.5. The van der Waals surface area contributed by atoms with Crippen LogP contribution >= 0.6 is 11.6 Å². The number of hydrogen-bond donors (Lipinski definition) is 0. The molecular formula is C10H15ClF3N3. The summed E-state index contributed by atoms with van der Waals surface area (Å²) in [5.41, 5.74) is 0. The van der Waals surface area contributed by atoms with E-state index in [1.165, 1.54) is 4.90 Å². The second kappa shape index (κ2) is 6.26. The van der Waals surface area contributed by atoms with E-state index in [1.807, 2.05) is 7.05 Å². The summed E-state index contributed by atoms with van der Waals surface area (Å²) in [6, 6.07) is 0. The summed E-state index contributed by atoms with van der Waals surface area (Å²) in [5.74, 6) is 0.961. The predicted octanol–water partition coefficient (Wildman–Crippen LogP) is 2.07. The number of rotatable bonds is 6. The van der Waals surface area contributed by atoms with Gasteiger partial charge in [0.05, 0.1) is 6.54 Å². The van der Waals surface area contributed by atoms with Gasteiger partial charge in [0.1, 0.15) is 5.82 Å². The zero-order valence-corrected chi connectivity index (χ0v) is 10.3. The Balaban J connectivity index is 2.47. The normalized spacial score (nSPS) is 12.4. The molecule has 0 saturated heterocycles. The molecule has 0 bridgehead atoms. The van der Waals surface area contributed by atoms with E-state index in [0.29, 0.717) is 13.0 Å². The number of hydrogen-bond acceptors (Lipinski definition) is 2. The standard InChI is InChI=1S/C10H15ClF3N3/c1-16-7-4-15-9(16)2-5-17(6-3-11)8-10(12,13)14/h4,7H,2-3,5-6,8H2,1H3. The van der Waals surface area contributed by atoms with Gasteiger partial charge in [-0.3, -0.25) is 4.90 Å². The lowest BCUT2D eigenvalue weighted by Crippen LogP contribution is -2.37. The third-order valence-corrected chi connectivity index (χ3v) is 2.55. The van der Waals surface area contributed by atoms with Crippen LogP contribution in [0.15, 0.2) is 12.4 Å². The van der Waals surface area contributed by atoms with E-state index in [2.05, 4.69) is 4.98 Å². The molecule has 1 heterocycles. The van der Waals surface area contributed by atoms with E-state index < -0.39 is 12.7 Å². The van der Waals surface area contributed by atoms with Gasteiger partial charge < -0.3 is 4.57 Å². The first-order valence-electron chi connectivity index (χ1n) is 5.23. The van der Waals surface area contributed by atoms with Gasteiger partial charge in [0.25, 0.3) is 0 Å². The largest absolute Gasteiger partial charge is 0.401 e. The molecule has 0 amide bonds. The zero-order valence-electron chi connectivity index (χ0n) is 9.54. The molecule has 0 N–H and O–H groups in total. The molecular weight excluding hydrogens is 255 g/mol. The minimum atomic E-state index is -4.19. The Labute approximate surface area is 103 Å². The molecule has 7 heteroatoms. The quantitative estimate of drug-likeness (QED) is 0.737. The van der Waals surface area contributed by atoms with Crippen LogP contribution in [0.1, 0.15) is 5.82 Å². The second-order valence-electron chi connectivity index (χ2n) is 3.78. The van der Waals surface area contributed by atoms with Gasteiger partial charge >= 0.3 is 6.18 Å². The number of halogens is 4. The Morgan fingerprint density at radius 2 is 2.12 bits per heavy atom. The Kier molecular flexibility index (Phi) is 5.27. The summed E-state index contributed by atoms with van der Waals surface area (Å²) >= 11 is 5.49. The molecule has 0 unspecified atom stereocenters. The van der Waals surface area contributed by atoms with Gasteiger partial charge in [0.15, 0.2) is 0 Å². The maximum absolute atomic E-state index is 12.3. The predicted molar refractivity (Wildman–Crippen MR) is 60.1 cm³/mol. The Morgan fingerprint density at radius 1 is 1.41 bits per heavy atom. The fourth-order valence-corrected chi connectivity index (χ4v) is 1.78. The lowest BCUT2D eigenvalue weighted by molar-refractivity contribution is -0.145. The van der Waals surface area contributed by atoms with Crippen molar-refractivity contribution in [1.82, 2.24) is 14.5 Å². The number of alkyl halides is 4. The first-order chi connectivity index (χ1) is 7.92. The Hall–Kier alpha value is -0.750. The van der Waals surface area contributed by atoms with Crippen molar-refractivity contribution in [1.29, 1.82) is 0 Å². The summed E-state index contributed by atoms with van der Waals surface area (Å²) in [6.07, 6.45) is -0.305. The average molecular weight is 270 g/mol. The van der Waals surface area contributed by atoms with Crippen LogP contribution in [-0.4, -0.2) is 46.1 Å². The van der Waals surface area contributed by atoms with E-state index >= 15 is 0 Å². The lowest BCUT2D eigenvalue weighted by atomic mass is 10.3. The third-order valence-electron chi connectivity index (χ3n) is 2.38. The van der Waals surface area contributed by atoms with Crippen molar-refractivity contribution in [2.75, 3.05) is 25.5 Å². The molecule has 0 fully saturated rings. The van der Waals surface area contributed by atoms with E-state index in [9.17, 15) is 13.2 Å². The van der Waals surface area contributed by atoms with Crippen molar-refractivity contribution in [2.45, 2.75) is 12.6 Å². The molecule has 0 aliphatic rings. The molecule has 0 saturated carbocycles. The SMILES string of the molecule is Cn1ccnc1CCN(CCCl)CC(F)(F)F. The van der Waals surface area contributed by atoms with Gasteiger partial charge in [0, 0.05) is 44.8 Å².